The summed E-state index contributed by atoms with van der Waals surface area (Å²) in [5.74, 6) is -3.05. The Hall–Kier alpha value is -2.70. The van der Waals surface area contributed by atoms with Gasteiger partial charge in [0.05, 0.1) is 11.1 Å². The quantitative estimate of drug-likeness (QED) is 0.680. The third-order valence-electron chi connectivity index (χ3n) is 4.88. The number of aliphatic carboxylic acids is 1. The lowest BCUT2D eigenvalue weighted by atomic mass is 9.95. The van der Waals surface area contributed by atoms with Crippen molar-refractivity contribution in [2.75, 3.05) is 0 Å². The lowest BCUT2D eigenvalue weighted by molar-refractivity contribution is -0.143. The Morgan fingerprint density at radius 2 is 1.59 bits per heavy atom. The van der Waals surface area contributed by atoms with Crippen LogP contribution >= 0.6 is 0 Å². The normalized spacial score (nSPS) is 16.9. The minimum Gasteiger partial charge on any atom is -0.480 e. The van der Waals surface area contributed by atoms with Crippen LogP contribution < -0.4 is 5.32 Å². The van der Waals surface area contributed by atoms with Gasteiger partial charge in [-0.3, -0.25) is 19.3 Å². The molecule has 0 fully saturated rings. The molecule has 3 atom stereocenters. The SMILES string of the molecule is CC[C@H](C)[C@H](C(=O)N[C@@H](CC(C)C)C(=O)O)N1C(=O)c2ccccc2C1=O. The van der Waals surface area contributed by atoms with Crippen LogP contribution in [0.1, 0.15) is 61.3 Å². The Balaban J connectivity index is 2.33. The molecule has 1 heterocycles. The second-order valence-corrected chi connectivity index (χ2v) is 7.39. The fraction of sp³-hybridized carbons (Fsp3) is 0.500. The van der Waals surface area contributed by atoms with E-state index in [1.54, 1.807) is 31.2 Å². The topological polar surface area (TPSA) is 104 Å². The number of carbonyl (C=O) groups excluding carboxylic acids is 3. The Bertz CT molecular complexity index is 723. The summed E-state index contributed by atoms with van der Waals surface area (Å²) < 4.78 is 0. The predicted octanol–water partition coefficient (Wildman–Crippen LogP) is 2.31. The lowest BCUT2D eigenvalue weighted by Crippen LogP contribution is -2.56. The molecule has 3 amide bonds. The van der Waals surface area contributed by atoms with E-state index in [2.05, 4.69) is 5.32 Å². The molecule has 0 saturated carbocycles. The maximum Gasteiger partial charge on any atom is 0.326 e. The molecule has 2 N–H and O–H groups in total. The highest BCUT2D eigenvalue weighted by atomic mass is 16.4. The number of amides is 3. The highest BCUT2D eigenvalue weighted by molar-refractivity contribution is 6.22. The average Bonchev–Trinajstić information content (AvgIpc) is 2.86. The van der Waals surface area contributed by atoms with Crippen molar-refractivity contribution in [3.05, 3.63) is 35.4 Å². The molecule has 0 unspecified atom stereocenters. The van der Waals surface area contributed by atoms with Crippen molar-refractivity contribution >= 4 is 23.7 Å². The number of nitrogens with zero attached hydrogens (tertiary/aromatic N) is 1. The number of nitrogens with one attached hydrogen (secondary N) is 1. The number of fused-ring (bicyclic) bond motifs is 1. The van der Waals surface area contributed by atoms with Crippen molar-refractivity contribution < 1.29 is 24.3 Å². The molecule has 0 bridgehead atoms. The van der Waals surface area contributed by atoms with Crippen LogP contribution in [-0.4, -0.2) is 45.8 Å². The maximum atomic E-state index is 12.9. The van der Waals surface area contributed by atoms with Gasteiger partial charge in [-0.15, -0.1) is 0 Å². The van der Waals surface area contributed by atoms with Crippen LogP contribution in [0.4, 0.5) is 0 Å². The summed E-state index contributed by atoms with van der Waals surface area (Å²) in [5, 5.41) is 11.9. The molecule has 0 spiro atoms. The molecule has 27 heavy (non-hydrogen) atoms. The van der Waals surface area contributed by atoms with Crippen molar-refractivity contribution in [2.45, 2.75) is 52.6 Å². The summed E-state index contributed by atoms with van der Waals surface area (Å²) in [7, 11) is 0. The fourth-order valence-electron chi connectivity index (χ4n) is 3.26. The molecule has 7 heteroatoms. The van der Waals surface area contributed by atoms with Crippen LogP contribution in [-0.2, 0) is 9.59 Å². The van der Waals surface area contributed by atoms with Crippen LogP contribution in [0.2, 0.25) is 0 Å². The number of rotatable bonds is 8. The first-order valence-corrected chi connectivity index (χ1v) is 9.19. The van der Waals surface area contributed by atoms with Gasteiger partial charge in [0.15, 0.2) is 0 Å². The van der Waals surface area contributed by atoms with E-state index >= 15 is 0 Å². The Morgan fingerprint density at radius 3 is 2.00 bits per heavy atom. The predicted molar refractivity (Wildman–Crippen MR) is 99.2 cm³/mol. The van der Waals surface area contributed by atoms with E-state index < -0.39 is 35.8 Å². The summed E-state index contributed by atoms with van der Waals surface area (Å²) in [4.78, 5) is 51.0. The summed E-state index contributed by atoms with van der Waals surface area (Å²) >= 11 is 0. The molecule has 0 radical (unpaired) electrons. The smallest absolute Gasteiger partial charge is 0.326 e. The van der Waals surface area contributed by atoms with E-state index in [-0.39, 0.29) is 29.4 Å². The molecule has 1 aromatic rings. The number of carboxylic acids is 1. The minimum atomic E-state index is -1.14. The van der Waals surface area contributed by atoms with Crippen LogP contribution in [0.3, 0.4) is 0 Å². The zero-order valence-electron chi connectivity index (χ0n) is 16.1. The second-order valence-electron chi connectivity index (χ2n) is 7.39. The van der Waals surface area contributed by atoms with Crippen molar-refractivity contribution in [1.82, 2.24) is 10.2 Å². The van der Waals surface area contributed by atoms with E-state index in [9.17, 15) is 24.3 Å². The van der Waals surface area contributed by atoms with E-state index in [0.717, 1.165) is 4.90 Å². The standard InChI is InChI=1S/C20H26N2O5/c1-5-12(4)16(17(23)21-15(20(26)27)10-11(2)3)22-18(24)13-8-6-7-9-14(13)19(22)25/h6-9,11-12,15-16H,5,10H2,1-4H3,(H,21,23)(H,26,27)/t12-,15-,16+/m0/s1. The van der Waals surface area contributed by atoms with Crippen molar-refractivity contribution in [2.24, 2.45) is 11.8 Å². The van der Waals surface area contributed by atoms with E-state index in [1.165, 1.54) is 0 Å². The molecule has 1 aromatic carbocycles. The lowest BCUT2D eigenvalue weighted by Gasteiger charge is -2.31. The van der Waals surface area contributed by atoms with Gasteiger partial charge in [0, 0.05) is 0 Å². The average molecular weight is 374 g/mol. The molecule has 1 aliphatic heterocycles. The van der Waals surface area contributed by atoms with E-state index in [4.69, 9.17) is 0 Å². The molecule has 0 saturated heterocycles. The van der Waals surface area contributed by atoms with Gasteiger partial charge >= 0.3 is 5.97 Å². The van der Waals surface area contributed by atoms with Crippen molar-refractivity contribution in [3.63, 3.8) is 0 Å². The largest absolute Gasteiger partial charge is 0.480 e. The minimum absolute atomic E-state index is 0.0627. The van der Waals surface area contributed by atoms with Gasteiger partial charge in [0.2, 0.25) is 5.91 Å². The molecular weight excluding hydrogens is 348 g/mol. The van der Waals surface area contributed by atoms with Gasteiger partial charge in [-0.1, -0.05) is 46.2 Å². The monoisotopic (exact) mass is 374 g/mol. The summed E-state index contributed by atoms with van der Waals surface area (Å²) in [6.45, 7) is 7.34. The van der Waals surface area contributed by atoms with Crippen LogP contribution in [0.25, 0.3) is 0 Å². The van der Waals surface area contributed by atoms with Crippen molar-refractivity contribution in [1.29, 1.82) is 0 Å². The first kappa shape index (κ1) is 20.6. The van der Waals surface area contributed by atoms with Crippen LogP contribution in [0.15, 0.2) is 24.3 Å². The Morgan fingerprint density at radius 1 is 1.07 bits per heavy atom. The maximum absolute atomic E-state index is 12.9. The van der Waals surface area contributed by atoms with Crippen LogP contribution in [0, 0.1) is 11.8 Å². The molecule has 146 valence electrons. The van der Waals surface area contributed by atoms with E-state index in [1.807, 2.05) is 20.8 Å². The van der Waals surface area contributed by atoms with Gasteiger partial charge in [-0.05, 0) is 30.4 Å². The number of hydrogen-bond donors (Lipinski definition) is 2. The fourth-order valence-corrected chi connectivity index (χ4v) is 3.26. The van der Waals surface area contributed by atoms with Gasteiger partial charge < -0.3 is 10.4 Å². The number of benzene rings is 1. The Kier molecular flexibility index (Phi) is 6.36. The zero-order chi connectivity index (χ0) is 20.3. The first-order valence-electron chi connectivity index (χ1n) is 9.19. The summed E-state index contributed by atoms with van der Waals surface area (Å²) in [6, 6.07) is 4.31. The highest BCUT2D eigenvalue weighted by Crippen LogP contribution is 2.28. The molecule has 7 nitrogen and oxygen atoms in total. The number of imide groups is 1. The summed E-state index contributed by atoms with van der Waals surface area (Å²) in [5.41, 5.74) is 0.529. The summed E-state index contributed by atoms with van der Waals surface area (Å²) in [6.07, 6.45) is 0.809. The highest BCUT2D eigenvalue weighted by Gasteiger charge is 2.45. The van der Waals surface area contributed by atoms with Gasteiger partial charge in [0.25, 0.3) is 11.8 Å². The molecule has 2 rings (SSSR count). The molecule has 1 aliphatic rings. The number of carboxylic acid groups (broad SMARTS) is 1. The van der Waals surface area contributed by atoms with E-state index in [0.29, 0.717) is 6.42 Å². The molecule has 0 aliphatic carbocycles. The third kappa shape index (κ3) is 4.18. The molecular formula is C20H26N2O5. The number of hydrogen-bond acceptors (Lipinski definition) is 4. The van der Waals surface area contributed by atoms with Gasteiger partial charge in [-0.25, -0.2) is 4.79 Å². The third-order valence-corrected chi connectivity index (χ3v) is 4.88. The van der Waals surface area contributed by atoms with Crippen molar-refractivity contribution in [3.8, 4) is 0 Å². The second kappa shape index (κ2) is 8.33. The van der Waals surface area contributed by atoms with Gasteiger partial charge in [0.1, 0.15) is 12.1 Å². The Labute approximate surface area is 158 Å². The van der Waals surface area contributed by atoms with Gasteiger partial charge in [-0.2, -0.15) is 0 Å². The molecule has 0 aromatic heterocycles. The number of carbonyl (C=O) groups is 4. The first-order chi connectivity index (χ1) is 12.7. The zero-order valence-corrected chi connectivity index (χ0v) is 16.1. The van der Waals surface area contributed by atoms with Crippen LogP contribution in [0.5, 0.6) is 0 Å².